The first-order valence-corrected chi connectivity index (χ1v) is 14.9. The average Bonchev–Trinajstić information content (AvgIpc) is 2.93. The van der Waals surface area contributed by atoms with Crippen LogP contribution in [0.2, 0.25) is 0 Å². The van der Waals surface area contributed by atoms with Gasteiger partial charge >= 0.3 is 11.9 Å². The van der Waals surface area contributed by atoms with Crippen molar-refractivity contribution in [3.05, 3.63) is 0 Å². The predicted octanol–water partition coefficient (Wildman–Crippen LogP) is 2.21. The third-order valence-electron chi connectivity index (χ3n) is 4.79. The lowest BCUT2D eigenvalue weighted by Crippen LogP contribution is -2.24. The fraction of sp³-hybridized carbons (Fsp3) is 0.931. The highest BCUT2D eigenvalue weighted by Crippen LogP contribution is 2.08. The molecule has 0 bridgehead atoms. The van der Waals surface area contributed by atoms with Gasteiger partial charge in [0, 0.05) is 6.42 Å². The van der Waals surface area contributed by atoms with Crippen LogP contribution in [-0.4, -0.2) is 143 Å². The van der Waals surface area contributed by atoms with E-state index in [1.54, 1.807) is 0 Å². The van der Waals surface area contributed by atoms with Crippen molar-refractivity contribution < 1.29 is 61.7 Å². The van der Waals surface area contributed by atoms with Crippen molar-refractivity contribution in [2.45, 2.75) is 52.6 Å². The minimum atomic E-state index is -0.474. The van der Waals surface area contributed by atoms with Gasteiger partial charge in [-0.2, -0.15) is 0 Å². The summed E-state index contributed by atoms with van der Waals surface area (Å²) in [6, 6.07) is 0. The van der Waals surface area contributed by atoms with Gasteiger partial charge in [0.2, 0.25) is 0 Å². The predicted molar refractivity (Wildman–Crippen MR) is 154 cm³/mol. The Bertz CT molecular complexity index is 599. The lowest BCUT2D eigenvalue weighted by atomic mass is 10.2. The number of carbonyl (C=O) groups excluding carboxylic acids is 2. The van der Waals surface area contributed by atoms with E-state index in [-0.39, 0.29) is 25.0 Å². The van der Waals surface area contributed by atoms with Gasteiger partial charge in [-0.1, -0.05) is 6.92 Å². The molecule has 0 saturated carbocycles. The molecule has 0 heterocycles. The zero-order valence-corrected chi connectivity index (χ0v) is 26.4. The lowest BCUT2D eigenvalue weighted by Gasteiger charge is -2.19. The summed E-state index contributed by atoms with van der Waals surface area (Å²) in [5, 5.41) is 0. The Balaban J connectivity index is 3.12. The van der Waals surface area contributed by atoms with Gasteiger partial charge < -0.3 is 52.1 Å². The SMILES string of the molecule is CCCC(=O)OCCOCCOCCOCCOCCOCCOCCOCCOCCOCCC(=O)OC(C)(C)C. The molecule has 0 radical (unpaired) electrons. The summed E-state index contributed by atoms with van der Waals surface area (Å²) in [5.41, 5.74) is -0.474. The Morgan fingerprint density at radius 3 is 0.976 bits per heavy atom. The average molecular weight is 613 g/mol. The largest absolute Gasteiger partial charge is 0.463 e. The topological polar surface area (TPSA) is 136 Å². The number of esters is 2. The fourth-order valence-corrected chi connectivity index (χ4v) is 2.90. The van der Waals surface area contributed by atoms with E-state index in [1.807, 2.05) is 27.7 Å². The van der Waals surface area contributed by atoms with Crippen LogP contribution >= 0.6 is 0 Å². The zero-order valence-electron chi connectivity index (χ0n) is 26.4. The maximum atomic E-state index is 11.5. The van der Waals surface area contributed by atoms with Crippen LogP contribution in [0.3, 0.4) is 0 Å². The standard InChI is InChI=1S/C29H56O13/c1-5-6-27(30)41-26-25-40-24-23-39-22-21-38-20-19-37-18-17-36-16-15-35-14-13-34-12-11-33-10-9-32-8-7-28(31)42-29(2,3)4/h5-26H2,1-4H3. The monoisotopic (exact) mass is 612 g/mol. The molecule has 0 fully saturated rings. The maximum Gasteiger partial charge on any atom is 0.308 e. The Hall–Kier alpha value is -1.42. The normalized spacial score (nSPS) is 11.6. The summed E-state index contributed by atoms with van der Waals surface area (Å²) < 4.78 is 58.9. The summed E-state index contributed by atoms with van der Waals surface area (Å²) in [7, 11) is 0. The van der Waals surface area contributed by atoms with E-state index in [1.165, 1.54) is 0 Å². The summed E-state index contributed by atoms with van der Waals surface area (Å²) in [5.74, 6) is -0.458. The molecule has 0 aliphatic heterocycles. The quantitative estimate of drug-likeness (QED) is 0.0812. The van der Waals surface area contributed by atoms with Crippen molar-refractivity contribution in [3.63, 3.8) is 0 Å². The number of ether oxygens (including phenoxy) is 11. The van der Waals surface area contributed by atoms with Gasteiger partial charge in [0.05, 0.1) is 125 Å². The van der Waals surface area contributed by atoms with Crippen molar-refractivity contribution >= 4 is 11.9 Å². The van der Waals surface area contributed by atoms with Crippen molar-refractivity contribution in [1.82, 2.24) is 0 Å². The molecule has 0 atom stereocenters. The molecule has 0 N–H and O–H groups in total. The summed E-state index contributed by atoms with van der Waals surface area (Å²) in [6.45, 7) is 16.0. The Kier molecular flexibility index (Phi) is 30.0. The minimum absolute atomic E-state index is 0.191. The zero-order chi connectivity index (χ0) is 31.0. The van der Waals surface area contributed by atoms with Crippen molar-refractivity contribution in [1.29, 1.82) is 0 Å². The molecule has 0 aromatic rings. The molecule has 0 aliphatic rings. The van der Waals surface area contributed by atoms with E-state index < -0.39 is 5.60 Å². The summed E-state index contributed by atoms with van der Waals surface area (Å²) in [6.07, 6.45) is 1.45. The van der Waals surface area contributed by atoms with Crippen LogP contribution in [0, 0.1) is 0 Å². The van der Waals surface area contributed by atoms with Gasteiger partial charge in [0.15, 0.2) is 0 Å². The Labute approximate surface area is 252 Å². The van der Waals surface area contributed by atoms with E-state index in [9.17, 15) is 9.59 Å². The highest BCUT2D eigenvalue weighted by molar-refractivity contribution is 5.70. The molecule has 0 amide bonds. The lowest BCUT2D eigenvalue weighted by molar-refractivity contribution is -0.156. The fourth-order valence-electron chi connectivity index (χ4n) is 2.90. The molecule has 13 nitrogen and oxygen atoms in total. The maximum absolute atomic E-state index is 11.5. The van der Waals surface area contributed by atoms with Crippen LogP contribution in [0.25, 0.3) is 0 Å². The van der Waals surface area contributed by atoms with Gasteiger partial charge in [-0.3, -0.25) is 9.59 Å². The molecule has 42 heavy (non-hydrogen) atoms. The third kappa shape index (κ3) is 34.8. The van der Waals surface area contributed by atoms with Gasteiger partial charge in [-0.05, 0) is 27.2 Å². The molecule has 0 rings (SSSR count). The molecule has 0 aliphatic carbocycles. The van der Waals surface area contributed by atoms with Gasteiger partial charge in [-0.15, -0.1) is 0 Å². The van der Waals surface area contributed by atoms with Gasteiger partial charge in [0.25, 0.3) is 0 Å². The van der Waals surface area contributed by atoms with Gasteiger partial charge in [-0.25, -0.2) is 0 Å². The second-order valence-electron chi connectivity index (χ2n) is 9.82. The smallest absolute Gasteiger partial charge is 0.308 e. The van der Waals surface area contributed by atoms with Crippen molar-refractivity contribution in [2.75, 3.05) is 126 Å². The van der Waals surface area contributed by atoms with Crippen LogP contribution in [0.4, 0.5) is 0 Å². The number of rotatable bonds is 32. The minimum Gasteiger partial charge on any atom is -0.463 e. The van der Waals surface area contributed by atoms with E-state index in [2.05, 4.69) is 0 Å². The first-order valence-electron chi connectivity index (χ1n) is 14.9. The van der Waals surface area contributed by atoms with Crippen LogP contribution in [-0.2, 0) is 61.7 Å². The van der Waals surface area contributed by atoms with E-state index in [0.717, 1.165) is 6.42 Å². The highest BCUT2D eigenvalue weighted by Gasteiger charge is 2.15. The third-order valence-corrected chi connectivity index (χ3v) is 4.79. The summed E-state index contributed by atoms with van der Waals surface area (Å²) in [4.78, 5) is 22.7. The second-order valence-corrected chi connectivity index (χ2v) is 9.82. The van der Waals surface area contributed by atoms with Crippen LogP contribution in [0.1, 0.15) is 47.0 Å². The second kappa shape index (κ2) is 31.0. The van der Waals surface area contributed by atoms with E-state index in [4.69, 9.17) is 52.1 Å². The number of hydrogen-bond acceptors (Lipinski definition) is 13. The molecular weight excluding hydrogens is 556 g/mol. The molecule has 250 valence electrons. The molecule has 0 aromatic heterocycles. The number of carbonyl (C=O) groups is 2. The van der Waals surface area contributed by atoms with Crippen LogP contribution < -0.4 is 0 Å². The van der Waals surface area contributed by atoms with Crippen LogP contribution in [0.15, 0.2) is 0 Å². The molecule has 0 aromatic carbocycles. The first kappa shape index (κ1) is 40.6. The number of hydrogen-bond donors (Lipinski definition) is 0. The Morgan fingerprint density at radius 2 is 0.690 bits per heavy atom. The van der Waals surface area contributed by atoms with Crippen molar-refractivity contribution in [3.8, 4) is 0 Å². The van der Waals surface area contributed by atoms with Crippen LogP contribution in [0.5, 0.6) is 0 Å². The molecule has 0 unspecified atom stereocenters. The Morgan fingerprint density at radius 1 is 0.405 bits per heavy atom. The summed E-state index contributed by atoms with van der Waals surface area (Å²) >= 11 is 0. The molecule has 0 saturated heterocycles. The molecule has 13 heteroatoms. The van der Waals surface area contributed by atoms with E-state index >= 15 is 0 Å². The molecule has 0 spiro atoms. The van der Waals surface area contributed by atoms with Crippen molar-refractivity contribution in [2.24, 2.45) is 0 Å². The van der Waals surface area contributed by atoms with Gasteiger partial charge in [0.1, 0.15) is 12.2 Å². The molecular formula is C29H56O13. The van der Waals surface area contributed by atoms with E-state index in [0.29, 0.717) is 125 Å². The first-order chi connectivity index (χ1) is 20.3. The highest BCUT2D eigenvalue weighted by atomic mass is 16.6.